The van der Waals surface area contributed by atoms with Gasteiger partial charge in [0, 0.05) is 27.8 Å². The predicted octanol–water partition coefficient (Wildman–Crippen LogP) is 4.18. The van der Waals surface area contributed by atoms with Crippen molar-refractivity contribution in [2.24, 2.45) is 5.73 Å². The lowest BCUT2D eigenvalue weighted by atomic mass is 9.64. The van der Waals surface area contributed by atoms with Gasteiger partial charge in [0.25, 0.3) is 0 Å². The van der Waals surface area contributed by atoms with Crippen LogP contribution >= 0.6 is 0 Å². The maximum Gasteiger partial charge on any atom is 0.341 e. The number of amides is 1. The van der Waals surface area contributed by atoms with E-state index in [9.17, 15) is 14.4 Å². The van der Waals surface area contributed by atoms with Crippen LogP contribution in [0, 0.1) is 0 Å². The van der Waals surface area contributed by atoms with Crippen LogP contribution in [0.1, 0.15) is 41.3 Å². The van der Waals surface area contributed by atoms with E-state index in [0.717, 1.165) is 17.2 Å². The van der Waals surface area contributed by atoms with Crippen molar-refractivity contribution in [3.63, 3.8) is 0 Å². The molecule has 3 aromatic carbocycles. The molecule has 7 nitrogen and oxygen atoms in total. The maximum atomic E-state index is 14.2. The van der Waals surface area contributed by atoms with Crippen molar-refractivity contribution in [1.82, 2.24) is 0 Å². The second-order valence-corrected chi connectivity index (χ2v) is 8.82. The molecule has 3 aromatic rings. The number of fused-ring (bicyclic) bond motifs is 4. The summed E-state index contributed by atoms with van der Waals surface area (Å²) in [6.45, 7) is 2.14. The largest absolute Gasteiger partial charge is 0.462 e. The van der Waals surface area contributed by atoms with Gasteiger partial charge in [-0.15, -0.1) is 0 Å². The van der Waals surface area contributed by atoms with E-state index in [2.05, 4.69) is 5.32 Å². The molecule has 2 aliphatic heterocycles. The summed E-state index contributed by atoms with van der Waals surface area (Å²) in [7, 11) is 0. The number of ketones is 1. The van der Waals surface area contributed by atoms with Crippen molar-refractivity contribution in [3.8, 4) is 0 Å². The zero-order chi connectivity index (χ0) is 24.3. The van der Waals surface area contributed by atoms with Gasteiger partial charge < -0.3 is 20.5 Å². The smallest absolute Gasteiger partial charge is 0.341 e. The lowest BCUT2D eigenvalue weighted by Gasteiger charge is -2.38. The predicted molar refractivity (Wildman–Crippen MR) is 130 cm³/mol. The third-order valence-electron chi connectivity index (χ3n) is 6.91. The minimum absolute atomic E-state index is 0.0720. The number of anilines is 1. The highest BCUT2D eigenvalue weighted by Gasteiger charge is 2.62. The first-order valence-corrected chi connectivity index (χ1v) is 11.6. The molecule has 0 bridgehead atoms. The number of hydrogen-bond donors (Lipinski definition) is 2. The third-order valence-corrected chi connectivity index (χ3v) is 6.91. The SMILES string of the molecule is CCCCOC(=O)C1=C(N)OC2=C(C(=O)c3cccc4cccc2c34)C12C(=O)Nc1ccccc12. The number of Topliss-reactive ketones (excluding diaryl/α,β-unsaturated/α-hetero) is 1. The summed E-state index contributed by atoms with van der Waals surface area (Å²) in [5.41, 5.74) is 6.54. The third kappa shape index (κ3) is 2.69. The zero-order valence-corrected chi connectivity index (χ0v) is 19.0. The van der Waals surface area contributed by atoms with E-state index in [4.69, 9.17) is 15.2 Å². The number of para-hydroxylation sites is 1. The van der Waals surface area contributed by atoms with Gasteiger partial charge in [-0.25, -0.2) is 4.79 Å². The number of nitrogens with two attached hydrogens (primary N) is 1. The number of unbranched alkanes of at least 4 members (excludes halogenated alkanes) is 1. The highest BCUT2D eigenvalue weighted by atomic mass is 16.5. The summed E-state index contributed by atoms with van der Waals surface area (Å²) in [5.74, 6) is -1.77. The number of ether oxygens (including phenoxy) is 2. The monoisotopic (exact) mass is 466 g/mol. The van der Waals surface area contributed by atoms with Gasteiger partial charge in [0.2, 0.25) is 11.8 Å². The molecule has 1 atom stereocenters. The summed E-state index contributed by atoms with van der Waals surface area (Å²) in [4.78, 5) is 41.5. The fraction of sp³-hybridized carbons (Fsp3) is 0.179. The fourth-order valence-electron chi connectivity index (χ4n) is 5.40. The van der Waals surface area contributed by atoms with Gasteiger partial charge in [0.15, 0.2) is 5.78 Å². The highest BCUT2D eigenvalue weighted by molar-refractivity contribution is 6.32. The topological polar surface area (TPSA) is 108 Å². The summed E-state index contributed by atoms with van der Waals surface area (Å²) in [6, 6.07) is 18.0. The van der Waals surface area contributed by atoms with E-state index in [1.165, 1.54) is 0 Å². The van der Waals surface area contributed by atoms with Gasteiger partial charge >= 0.3 is 5.97 Å². The molecule has 7 heteroatoms. The molecule has 1 amide bonds. The Balaban J connectivity index is 1.68. The number of hydrogen-bond acceptors (Lipinski definition) is 6. The average molecular weight is 466 g/mol. The quantitative estimate of drug-likeness (QED) is 0.441. The zero-order valence-electron chi connectivity index (χ0n) is 19.0. The summed E-state index contributed by atoms with van der Waals surface area (Å²) in [5, 5.41) is 4.44. The van der Waals surface area contributed by atoms with Gasteiger partial charge in [-0.3, -0.25) is 9.59 Å². The molecule has 3 N–H and O–H groups in total. The number of benzene rings is 3. The summed E-state index contributed by atoms with van der Waals surface area (Å²) < 4.78 is 11.5. The van der Waals surface area contributed by atoms with Crippen LogP contribution in [-0.2, 0) is 24.5 Å². The normalized spacial score (nSPS) is 20.0. The second-order valence-electron chi connectivity index (χ2n) is 8.82. The Morgan fingerprint density at radius 2 is 1.77 bits per heavy atom. The van der Waals surface area contributed by atoms with Crippen LogP contribution in [-0.4, -0.2) is 24.3 Å². The Kier molecular flexibility index (Phi) is 4.57. The van der Waals surface area contributed by atoms with E-state index in [-0.39, 0.29) is 35.2 Å². The molecular weight excluding hydrogens is 444 g/mol. The van der Waals surface area contributed by atoms with Crippen molar-refractivity contribution >= 4 is 39.9 Å². The maximum absolute atomic E-state index is 14.2. The van der Waals surface area contributed by atoms with Gasteiger partial charge in [-0.2, -0.15) is 0 Å². The standard InChI is InChI=1S/C28H22N2O5/c1-2-3-14-34-26(32)22-25(29)35-24-17-11-7-9-15-8-6-10-16(20(15)17)23(31)21(24)28(22)18-12-4-5-13-19(18)30-27(28)33/h4-13H,2-3,14,29H2,1H3,(H,30,33). The van der Waals surface area contributed by atoms with Crippen LogP contribution in [0.5, 0.6) is 0 Å². The first kappa shape index (κ1) is 21.2. The number of esters is 1. The first-order chi connectivity index (χ1) is 17.0. The minimum Gasteiger partial charge on any atom is -0.462 e. The molecule has 1 aliphatic carbocycles. The molecule has 3 aliphatic rings. The lowest BCUT2D eigenvalue weighted by molar-refractivity contribution is -0.141. The first-order valence-electron chi connectivity index (χ1n) is 11.6. The highest BCUT2D eigenvalue weighted by Crippen LogP contribution is 2.56. The number of carbonyl (C=O) groups is 3. The van der Waals surface area contributed by atoms with Crippen LogP contribution < -0.4 is 11.1 Å². The van der Waals surface area contributed by atoms with Crippen LogP contribution in [0.4, 0.5) is 5.69 Å². The van der Waals surface area contributed by atoms with E-state index in [1.807, 2.05) is 31.2 Å². The molecule has 0 saturated carbocycles. The Bertz CT molecular complexity index is 1530. The van der Waals surface area contributed by atoms with E-state index in [1.54, 1.807) is 36.4 Å². The summed E-state index contributed by atoms with van der Waals surface area (Å²) >= 11 is 0. The van der Waals surface area contributed by atoms with Crippen LogP contribution in [0.2, 0.25) is 0 Å². The molecule has 0 fully saturated rings. The Labute approximate surface area is 201 Å². The molecule has 1 spiro atoms. The van der Waals surface area contributed by atoms with Crippen molar-refractivity contribution in [2.75, 3.05) is 11.9 Å². The van der Waals surface area contributed by atoms with Gasteiger partial charge in [0.05, 0.1) is 12.2 Å². The lowest BCUT2D eigenvalue weighted by Crippen LogP contribution is -2.48. The molecule has 0 radical (unpaired) electrons. The van der Waals surface area contributed by atoms with E-state index in [0.29, 0.717) is 28.8 Å². The number of rotatable bonds is 4. The number of nitrogens with one attached hydrogen (secondary N) is 1. The van der Waals surface area contributed by atoms with Crippen LogP contribution in [0.25, 0.3) is 16.5 Å². The molecule has 2 heterocycles. The van der Waals surface area contributed by atoms with Crippen molar-refractivity contribution in [1.29, 1.82) is 0 Å². The fourth-order valence-corrected chi connectivity index (χ4v) is 5.40. The molecule has 6 rings (SSSR count). The van der Waals surface area contributed by atoms with Gasteiger partial charge in [-0.1, -0.05) is 67.9 Å². The molecule has 174 valence electrons. The number of carbonyl (C=O) groups excluding carboxylic acids is 3. The summed E-state index contributed by atoms with van der Waals surface area (Å²) in [6.07, 6.45) is 1.47. The Morgan fingerprint density at radius 1 is 1.03 bits per heavy atom. The average Bonchev–Trinajstić information content (AvgIpc) is 3.14. The minimum atomic E-state index is -1.80. The Hall–Kier alpha value is -4.39. The molecule has 35 heavy (non-hydrogen) atoms. The van der Waals surface area contributed by atoms with Crippen molar-refractivity contribution in [2.45, 2.75) is 25.2 Å². The van der Waals surface area contributed by atoms with Gasteiger partial charge in [0.1, 0.15) is 16.7 Å². The van der Waals surface area contributed by atoms with E-state index < -0.39 is 17.3 Å². The molecular formula is C28H22N2O5. The second kappa shape index (κ2) is 7.56. The molecule has 0 saturated heterocycles. The van der Waals surface area contributed by atoms with Crippen molar-refractivity contribution in [3.05, 3.63) is 94.4 Å². The van der Waals surface area contributed by atoms with Crippen molar-refractivity contribution < 1.29 is 23.9 Å². The molecule has 1 unspecified atom stereocenters. The van der Waals surface area contributed by atoms with E-state index >= 15 is 0 Å². The van der Waals surface area contributed by atoms with Gasteiger partial charge in [-0.05, 0) is 17.9 Å². The van der Waals surface area contributed by atoms with Crippen LogP contribution in [0.15, 0.2) is 77.7 Å². The Morgan fingerprint density at radius 3 is 2.54 bits per heavy atom. The van der Waals surface area contributed by atoms with Crippen LogP contribution in [0.3, 0.4) is 0 Å². The molecule has 0 aromatic heterocycles.